The third-order valence-electron chi connectivity index (χ3n) is 5.74. The Morgan fingerprint density at radius 2 is 1.91 bits per heavy atom. The highest BCUT2D eigenvalue weighted by atomic mass is 16.2. The van der Waals surface area contributed by atoms with Crippen LogP contribution in [0.4, 0.5) is 23.1 Å². The highest BCUT2D eigenvalue weighted by Crippen LogP contribution is 2.36. The Labute approximate surface area is 202 Å². The molecule has 0 spiro atoms. The zero-order chi connectivity index (χ0) is 24.9. The summed E-state index contributed by atoms with van der Waals surface area (Å²) >= 11 is 0. The number of aromatic nitrogens is 4. The summed E-state index contributed by atoms with van der Waals surface area (Å²) in [5, 5.41) is 35.4. The maximum absolute atomic E-state index is 11.7. The van der Waals surface area contributed by atoms with E-state index in [1.807, 2.05) is 4.90 Å². The number of anilines is 2. The van der Waals surface area contributed by atoms with Crippen molar-refractivity contribution in [3.63, 3.8) is 0 Å². The van der Waals surface area contributed by atoms with Crippen LogP contribution in [0.25, 0.3) is 5.82 Å². The lowest BCUT2D eigenvalue weighted by molar-refractivity contribution is -0.129. The molecular weight excluding hydrogens is 446 g/mol. The number of nitrogens with one attached hydrogen (secondary N) is 1. The van der Waals surface area contributed by atoms with E-state index in [1.165, 1.54) is 10.9 Å². The maximum atomic E-state index is 11.7. The minimum Gasteiger partial charge on any atom is -0.371 e. The van der Waals surface area contributed by atoms with Crippen molar-refractivity contribution in [2.45, 2.75) is 13.8 Å². The van der Waals surface area contributed by atoms with E-state index in [0.29, 0.717) is 60.4 Å². The fraction of sp³-hybridized carbons (Fsp3) is 0.304. The van der Waals surface area contributed by atoms with Crippen LogP contribution in [-0.2, 0) is 4.79 Å². The number of hydrogen-bond acceptors (Lipinski definition) is 10. The molecule has 3 aromatic heterocycles. The number of pyridine rings is 2. The number of amides is 1. The van der Waals surface area contributed by atoms with Gasteiger partial charge in [-0.05, 0) is 19.1 Å². The van der Waals surface area contributed by atoms with Crippen LogP contribution in [0, 0.1) is 29.6 Å². The lowest BCUT2D eigenvalue weighted by Crippen LogP contribution is -2.48. The lowest BCUT2D eigenvalue weighted by atomic mass is 10.1. The fourth-order valence-corrected chi connectivity index (χ4v) is 3.83. The van der Waals surface area contributed by atoms with Crippen LogP contribution in [0.2, 0.25) is 0 Å². The molecule has 4 rings (SSSR count). The molecule has 0 aromatic carbocycles. The van der Waals surface area contributed by atoms with E-state index < -0.39 is 0 Å². The Morgan fingerprint density at radius 3 is 2.51 bits per heavy atom. The number of piperazine rings is 1. The summed E-state index contributed by atoms with van der Waals surface area (Å²) < 4.78 is 1.43. The summed E-state index contributed by atoms with van der Waals surface area (Å²) in [4.78, 5) is 24.4. The first-order valence-corrected chi connectivity index (χ1v) is 10.9. The topological polar surface area (TPSA) is 151 Å². The van der Waals surface area contributed by atoms with Crippen LogP contribution >= 0.6 is 0 Å². The van der Waals surface area contributed by atoms with Crippen molar-refractivity contribution in [2.24, 2.45) is 10.2 Å². The zero-order valence-electron chi connectivity index (χ0n) is 19.6. The van der Waals surface area contributed by atoms with E-state index in [2.05, 4.69) is 42.8 Å². The Morgan fingerprint density at radius 1 is 1.14 bits per heavy atom. The van der Waals surface area contributed by atoms with E-state index in [4.69, 9.17) is 0 Å². The maximum Gasteiger partial charge on any atom is 0.219 e. The highest BCUT2D eigenvalue weighted by Gasteiger charge is 2.25. The van der Waals surface area contributed by atoms with Crippen LogP contribution in [0.1, 0.15) is 23.6 Å². The largest absolute Gasteiger partial charge is 0.371 e. The van der Waals surface area contributed by atoms with Crippen LogP contribution in [0.3, 0.4) is 0 Å². The molecule has 0 unspecified atom stereocenters. The molecule has 1 N–H and O–H groups in total. The fourth-order valence-electron chi connectivity index (χ4n) is 3.83. The summed E-state index contributed by atoms with van der Waals surface area (Å²) in [5.74, 6) is 1.71. The molecule has 176 valence electrons. The molecule has 0 aliphatic carbocycles. The minimum absolute atomic E-state index is 0.0302. The Balaban J connectivity index is 1.74. The van der Waals surface area contributed by atoms with Gasteiger partial charge in [0, 0.05) is 51.9 Å². The number of nitrogens with zero attached hydrogens (tertiary/aromatic N) is 10. The van der Waals surface area contributed by atoms with Crippen molar-refractivity contribution >= 4 is 29.0 Å². The van der Waals surface area contributed by atoms with Gasteiger partial charge in [-0.1, -0.05) is 6.07 Å². The minimum atomic E-state index is 0.0302. The molecule has 35 heavy (non-hydrogen) atoms. The molecule has 12 nitrogen and oxygen atoms in total. The van der Waals surface area contributed by atoms with Crippen LogP contribution in [-0.4, -0.2) is 63.8 Å². The Hall–Kier alpha value is -4.84. The molecule has 1 fully saturated rings. The highest BCUT2D eigenvalue weighted by molar-refractivity contribution is 5.76. The number of nitriles is 2. The predicted molar refractivity (Wildman–Crippen MR) is 128 cm³/mol. The van der Waals surface area contributed by atoms with Gasteiger partial charge < -0.3 is 15.1 Å². The first kappa shape index (κ1) is 23.3. The van der Waals surface area contributed by atoms with E-state index in [0.717, 1.165) is 0 Å². The van der Waals surface area contributed by atoms with Crippen molar-refractivity contribution in [1.82, 2.24) is 24.6 Å². The van der Waals surface area contributed by atoms with Crippen molar-refractivity contribution in [3.05, 3.63) is 47.3 Å². The Bertz CT molecular complexity index is 1360. The van der Waals surface area contributed by atoms with Gasteiger partial charge in [0.1, 0.15) is 29.2 Å². The van der Waals surface area contributed by atoms with E-state index in [1.54, 1.807) is 50.2 Å². The van der Waals surface area contributed by atoms with E-state index >= 15 is 0 Å². The molecule has 0 saturated carbocycles. The van der Waals surface area contributed by atoms with Crippen molar-refractivity contribution in [1.29, 1.82) is 10.5 Å². The quantitative estimate of drug-likeness (QED) is 0.560. The second-order valence-corrected chi connectivity index (χ2v) is 7.78. The normalized spacial score (nSPS) is 13.5. The molecule has 1 aliphatic heterocycles. The molecule has 4 heterocycles. The average Bonchev–Trinajstić information content (AvgIpc) is 3.31. The molecule has 1 amide bonds. The van der Waals surface area contributed by atoms with E-state index in [-0.39, 0.29) is 17.3 Å². The van der Waals surface area contributed by atoms with Gasteiger partial charge in [0.2, 0.25) is 5.91 Å². The predicted octanol–water partition coefficient (Wildman–Crippen LogP) is 2.84. The lowest BCUT2D eigenvalue weighted by Gasteiger charge is -2.35. The molecule has 1 saturated heterocycles. The molecule has 12 heteroatoms. The van der Waals surface area contributed by atoms with Crippen LogP contribution < -0.4 is 10.2 Å². The van der Waals surface area contributed by atoms with Crippen molar-refractivity contribution < 1.29 is 4.79 Å². The molecule has 0 radical (unpaired) electrons. The van der Waals surface area contributed by atoms with Gasteiger partial charge in [-0.15, -0.1) is 10.2 Å². The number of carbonyl (C=O) groups excluding carboxylic acids is 1. The standard InChI is InChI=1S/C23H23N11O/c1-15-18(13-25)23(33-10-8-32(9-11-33)16(2)35)29-21(26-3)20(15)30-31-22-17(12-24)14-28-34(22)19-6-4-5-7-27-19/h4-7,14H,8-11H2,1-3H3,(H,26,29). The summed E-state index contributed by atoms with van der Waals surface area (Å²) in [5.41, 5.74) is 1.60. The second kappa shape index (κ2) is 9.97. The first-order valence-electron chi connectivity index (χ1n) is 10.9. The second-order valence-electron chi connectivity index (χ2n) is 7.78. The number of carbonyl (C=O) groups is 1. The van der Waals surface area contributed by atoms with Crippen molar-refractivity contribution in [2.75, 3.05) is 43.4 Å². The summed E-state index contributed by atoms with van der Waals surface area (Å²) in [7, 11) is 1.71. The third kappa shape index (κ3) is 4.50. The van der Waals surface area contributed by atoms with Gasteiger partial charge in [-0.25, -0.2) is 9.97 Å². The number of rotatable bonds is 5. The number of hydrogen-bond donors (Lipinski definition) is 1. The van der Waals surface area contributed by atoms with Gasteiger partial charge >= 0.3 is 0 Å². The van der Waals surface area contributed by atoms with Gasteiger partial charge in [0.15, 0.2) is 17.5 Å². The van der Waals surface area contributed by atoms with Crippen LogP contribution in [0.15, 0.2) is 40.8 Å². The average molecular weight is 470 g/mol. The molecule has 0 bridgehead atoms. The number of azo groups is 1. The Kier molecular flexibility index (Phi) is 6.64. The summed E-state index contributed by atoms with van der Waals surface area (Å²) in [6, 6.07) is 9.64. The molecule has 1 aliphatic rings. The first-order chi connectivity index (χ1) is 17.0. The molecule has 3 aromatic rings. The third-order valence-corrected chi connectivity index (χ3v) is 5.74. The SMILES string of the molecule is CNc1nc(N2CCN(C(C)=O)CC2)c(C#N)c(C)c1N=Nc1c(C#N)cnn1-c1ccccn1. The van der Waals surface area contributed by atoms with Crippen LogP contribution in [0.5, 0.6) is 0 Å². The smallest absolute Gasteiger partial charge is 0.219 e. The van der Waals surface area contributed by atoms with Crippen molar-refractivity contribution in [3.8, 4) is 18.0 Å². The van der Waals surface area contributed by atoms with E-state index in [9.17, 15) is 15.3 Å². The summed E-state index contributed by atoms with van der Waals surface area (Å²) in [6.07, 6.45) is 3.02. The van der Waals surface area contributed by atoms with Gasteiger partial charge in [-0.3, -0.25) is 4.79 Å². The summed E-state index contributed by atoms with van der Waals surface area (Å²) in [6.45, 7) is 5.59. The molecular formula is C23H23N11O. The monoisotopic (exact) mass is 469 g/mol. The zero-order valence-corrected chi connectivity index (χ0v) is 19.6. The van der Waals surface area contributed by atoms with Gasteiger partial charge in [0.05, 0.1) is 11.8 Å². The molecule has 0 atom stereocenters. The van der Waals surface area contributed by atoms with Gasteiger partial charge in [-0.2, -0.15) is 20.3 Å². The van der Waals surface area contributed by atoms with Gasteiger partial charge in [0.25, 0.3) is 0 Å².